The summed E-state index contributed by atoms with van der Waals surface area (Å²) in [6, 6.07) is 0.703. The molecule has 0 bridgehead atoms. The quantitative estimate of drug-likeness (QED) is 0.700. The zero-order valence-corrected chi connectivity index (χ0v) is 8.91. The maximum Gasteiger partial charge on any atom is 0.0960 e. The van der Waals surface area contributed by atoms with Crippen LogP contribution in [0.5, 0.6) is 0 Å². The fourth-order valence-electron chi connectivity index (χ4n) is 2.25. The Kier molecular flexibility index (Phi) is 3.14. The average molecular weight is 198 g/mol. The second-order valence-corrected chi connectivity index (χ2v) is 5.17. The highest BCUT2D eigenvalue weighted by atomic mass is 32.2. The van der Waals surface area contributed by atoms with Crippen LogP contribution in [0.15, 0.2) is 0 Å². The summed E-state index contributed by atoms with van der Waals surface area (Å²) < 4.78 is 0. The molecule has 0 atom stereocenters. The Morgan fingerprint density at radius 1 is 1.23 bits per heavy atom. The summed E-state index contributed by atoms with van der Waals surface area (Å²) in [6.07, 6.45) is 6.15. The van der Waals surface area contributed by atoms with Crippen molar-refractivity contribution in [2.45, 2.75) is 38.1 Å². The van der Waals surface area contributed by atoms with Crippen molar-refractivity contribution >= 4 is 17.6 Å². The zero-order valence-electron chi connectivity index (χ0n) is 8.09. The van der Waals surface area contributed by atoms with Crippen LogP contribution in [0, 0.1) is 5.41 Å². The maximum absolute atomic E-state index is 7.90. The second-order valence-electron chi connectivity index (χ2n) is 3.94. The largest absolute Gasteiger partial charge is 0.358 e. The van der Waals surface area contributed by atoms with Crippen LogP contribution in [-0.2, 0) is 0 Å². The Labute approximate surface area is 84.6 Å². The summed E-state index contributed by atoms with van der Waals surface area (Å²) in [6.45, 7) is 1.15. The van der Waals surface area contributed by atoms with Gasteiger partial charge in [0.1, 0.15) is 0 Å². The summed E-state index contributed by atoms with van der Waals surface area (Å²) >= 11 is 2.07. The average Bonchev–Trinajstić information content (AvgIpc) is 2.20. The number of nitrogens with zero attached hydrogens (tertiary/aromatic N) is 1. The molecule has 2 aliphatic rings. The first-order valence-corrected chi connectivity index (χ1v) is 6.45. The molecule has 2 saturated heterocycles. The van der Waals surface area contributed by atoms with Crippen LogP contribution in [0.3, 0.4) is 0 Å². The number of piperidine rings is 1. The molecule has 13 heavy (non-hydrogen) atoms. The van der Waals surface area contributed by atoms with Crippen LogP contribution in [0.1, 0.15) is 32.1 Å². The lowest BCUT2D eigenvalue weighted by atomic mass is 10.0. The molecular weight excluding hydrogens is 180 g/mol. The molecule has 1 N–H and O–H groups in total. The van der Waals surface area contributed by atoms with Crippen molar-refractivity contribution in [2.24, 2.45) is 0 Å². The third-order valence-corrected chi connectivity index (χ3v) is 4.09. The van der Waals surface area contributed by atoms with Crippen molar-refractivity contribution in [1.82, 2.24) is 4.90 Å². The van der Waals surface area contributed by atoms with Crippen molar-refractivity contribution < 1.29 is 0 Å². The Hall–Kier alpha value is -0.180. The lowest BCUT2D eigenvalue weighted by molar-refractivity contribution is 0.265. The minimum atomic E-state index is 0.703. The normalized spacial score (nSPS) is 26.5. The van der Waals surface area contributed by atoms with E-state index in [1.165, 1.54) is 37.2 Å². The van der Waals surface area contributed by atoms with Crippen molar-refractivity contribution in [3.05, 3.63) is 0 Å². The molecule has 0 aliphatic carbocycles. The molecule has 0 radical (unpaired) electrons. The third-order valence-electron chi connectivity index (χ3n) is 3.04. The molecule has 2 rings (SSSR count). The Morgan fingerprint density at radius 3 is 2.69 bits per heavy atom. The third kappa shape index (κ3) is 2.19. The zero-order chi connectivity index (χ0) is 9.10. The molecule has 0 aromatic carbocycles. The van der Waals surface area contributed by atoms with Crippen molar-refractivity contribution in [3.8, 4) is 0 Å². The number of amidine groups is 1. The minimum Gasteiger partial charge on any atom is -0.358 e. The summed E-state index contributed by atoms with van der Waals surface area (Å²) in [5.74, 6) is 3.51. The van der Waals surface area contributed by atoms with Gasteiger partial charge in [-0.3, -0.25) is 5.41 Å². The van der Waals surface area contributed by atoms with E-state index in [0.29, 0.717) is 6.04 Å². The molecule has 0 aromatic heterocycles. The first-order chi connectivity index (χ1) is 6.38. The van der Waals surface area contributed by atoms with E-state index in [1.807, 2.05) is 0 Å². The van der Waals surface area contributed by atoms with E-state index in [9.17, 15) is 0 Å². The van der Waals surface area contributed by atoms with Crippen LogP contribution in [0.4, 0.5) is 0 Å². The molecule has 0 aromatic rings. The van der Waals surface area contributed by atoms with Gasteiger partial charge in [0.2, 0.25) is 0 Å². The van der Waals surface area contributed by atoms with Gasteiger partial charge in [0.15, 0.2) is 0 Å². The van der Waals surface area contributed by atoms with E-state index < -0.39 is 0 Å². The van der Waals surface area contributed by atoms with Gasteiger partial charge < -0.3 is 4.90 Å². The molecule has 2 nitrogen and oxygen atoms in total. The highest BCUT2D eigenvalue weighted by Crippen LogP contribution is 2.24. The molecule has 3 heteroatoms. The summed E-state index contributed by atoms with van der Waals surface area (Å²) in [4.78, 5) is 2.36. The topological polar surface area (TPSA) is 27.1 Å². The molecule has 0 unspecified atom stereocenters. The number of nitrogens with one attached hydrogen (secondary N) is 1. The molecule has 0 saturated carbocycles. The molecule has 2 heterocycles. The number of likely N-dealkylation sites (tertiary alicyclic amines) is 1. The molecule has 2 aliphatic heterocycles. The Balaban J connectivity index is 1.92. The van der Waals surface area contributed by atoms with Gasteiger partial charge in [-0.15, -0.1) is 0 Å². The van der Waals surface area contributed by atoms with E-state index in [4.69, 9.17) is 5.41 Å². The van der Waals surface area contributed by atoms with Crippen molar-refractivity contribution in [1.29, 1.82) is 5.41 Å². The smallest absolute Gasteiger partial charge is 0.0960 e. The van der Waals surface area contributed by atoms with Gasteiger partial charge in [-0.2, -0.15) is 11.8 Å². The first kappa shape index (κ1) is 9.38. The van der Waals surface area contributed by atoms with E-state index in [0.717, 1.165) is 18.8 Å². The molecule has 0 amide bonds. The van der Waals surface area contributed by atoms with Gasteiger partial charge in [-0.25, -0.2) is 0 Å². The standard InChI is InChI=1S/C10H18N2S/c11-10-3-1-2-6-12(10)9-4-7-13-8-5-9/h9,11H,1-8H2. The predicted molar refractivity (Wildman–Crippen MR) is 58.6 cm³/mol. The summed E-state index contributed by atoms with van der Waals surface area (Å²) in [7, 11) is 0. The number of hydrogen-bond donors (Lipinski definition) is 1. The van der Waals surface area contributed by atoms with Crippen LogP contribution in [-0.4, -0.2) is 34.8 Å². The summed E-state index contributed by atoms with van der Waals surface area (Å²) in [5.41, 5.74) is 0. The highest BCUT2D eigenvalue weighted by molar-refractivity contribution is 7.99. The lowest BCUT2D eigenvalue weighted by Crippen LogP contribution is -2.44. The molecular formula is C10H18N2S. The van der Waals surface area contributed by atoms with Crippen LogP contribution >= 0.6 is 11.8 Å². The SMILES string of the molecule is N=C1CCCCN1C1CCSCC1. The number of hydrogen-bond acceptors (Lipinski definition) is 2. The number of thioether (sulfide) groups is 1. The Bertz CT molecular complexity index is 187. The first-order valence-electron chi connectivity index (χ1n) is 5.30. The van der Waals surface area contributed by atoms with Crippen molar-refractivity contribution in [3.63, 3.8) is 0 Å². The van der Waals surface area contributed by atoms with Crippen LogP contribution in [0.25, 0.3) is 0 Å². The maximum atomic E-state index is 7.90. The van der Waals surface area contributed by atoms with E-state index >= 15 is 0 Å². The highest BCUT2D eigenvalue weighted by Gasteiger charge is 2.24. The Morgan fingerprint density at radius 2 is 2.00 bits per heavy atom. The van der Waals surface area contributed by atoms with Gasteiger partial charge in [0, 0.05) is 19.0 Å². The summed E-state index contributed by atoms with van der Waals surface area (Å²) in [5, 5.41) is 7.90. The second kappa shape index (κ2) is 4.36. The van der Waals surface area contributed by atoms with Gasteiger partial charge in [-0.05, 0) is 37.2 Å². The monoisotopic (exact) mass is 198 g/mol. The van der Waals surface area contributed by atoms with Gasteiger partial charge in [0.25, 0.3) is 0 Å². The predicted octanol–water partition coefficient (Wildman–Crippen LogP) is 2.35. The van der Waals surface area contributed by atoms with E-state index in [2.05, 4.69) is 16.7 Å². The lowest BCUT2D eigenvalue weighted by Gasteiger charge is -2.38. The van der Waals surface area contributed by atoms with E-state index in [-0.39, 0.29) is 0 Å². The fraction of sp³-hybridized carbons (Fsp3) is 0.900. The molecule has 2 fully saturated rings. The van der Waals surface area contributed by atoms with Gasteiger partial charge in [-0.1, -0.05) is 0 Å². The van der Waals surface area contributed by atoms with Gasteiger partial charge in [0.05, 0.1) is 5.84 Å². The minimum absolute atomic E-state index is 0.703. The number of rotatable bonds is 1. The fourth-order valence-corrected chi connectivity index (χ4v) is 3.33. The van der Waals surface area contributed by atoms with Crippen molar-refractivity contribution in [2.75, 3.05) is 18.1 Å². The van der Waals surface area contributed by atoms with E-state index in [1.54, 1.807) is 0 Å². The molecule has 0 spiro atoms. The van der Waals surface area contributed by atoms with Crippen LogP contribution in [0.2, 0.25) is 0 Å². The molecule has 74 valence electrons. The van der Waals surface area contributed by atoms with Crippen LogP contribution < -0.4 is 0 Å². The van der Waals surface area contributed by atoms with Gasteiger partial charge >= 0.3 is 0 Å².